The number of halogens is 1. The molecule has 14 heavy (non-hydrogen) atoms. The molecule has 0 heterocycles. The summed E-state index contributed by atoms with van der Waals surface area (Å²) in [6, 6.07) is 7.14. The molecule has 4 nitrogen and oxygen atoms in total. The van der Waals surface area contributed by atoms with Crippen molar-refractivity contribution >= 4 is 22.0 Å². The van der Waals surface area contributed by atoms with Crippen LogP contribution in [0.25, 0.3) is 0 Å². The molecule has 1 amide bonds. The van der Waals surface area contributed by atoms with Crippen molar-refractivity contribution in [3.8, 4) is 0 Å². The Bertz CT molecular complexity index is 330. The van der Waals surface area contributed by atoms with Gasteiger partial charge in [-0.1, -0.05) is 28.1 Å². The topological polar surface area (TPSA) is 78.3 Å². The van der Waals surface area contributed by atoms with E-state index in [-0.39, 0.29) is 12.6 Å². The van der Waals surface area contributed by atoms with Gasteiger partial charge in [0.1, 0.15) is 6.61 Å². The fraction of sp³-hybridized carbons (Fsp3) is 0.222. The summed E-state index contributed by atoms with van der Waals surface area (Å²) < 4.78 is 5.53. The summed E-state index contributed by atoms with van der Waals surface area (Å²) in [5, 5.41) is 0. The maximum atomic E-state index is 10.3. The van der Waals surface area contributed by atoms with Crippen LogP contribution < -0.4 is 11.5 Å². The summed E-state index contributed by atoms with van der Waals surface area (Å²) in [6.07, 6.45) is -0.810. The highest BCUT2D eigenvalue weighted by Crippen LogP contribution is 2.16. The van der Waals surface area contributed by atoms with Crippen molar-refractivity contribution in [2.24, 2.45) is 11.5 Å². The van der Waals surface area contributed by atoms with E-state index in [0.717, 1.165) is 10.0 Å². The number of carbonyl (C=O) groups excluding carboxylic acids is 1. The highest BCUT2D eigenvalue weighted by Gasteiger charge is 2.07. The van der Waals surface area contributed by atoms with Crippen LogP contribution in [-0.4, -0.2) is 12.7 Å². The lowest BCUT2D eigenvalue weighted by Gasteiger charge is -2.11. The minimum Gasteiger partial charge on any atom is -0.448 e. The normalized spacial score (nSPS) is 12.1. The molecule has 0 fully saturated rings. The number of amides is 1. The van der Waals surface area contributed by atoms with Crippen LogP contribution in [0, 0.1) is 0 Å². The molecular formula is C9H11BrN2O2. The standard InChI is InChI=1S/C9H11BrN2O2/c10-7-3-1-2-6(4-7)8(11)5-14-9(12)13/h1-4,8H,5,11H2,(H2,12,13)/t8-/m1/s1. The Balaban J connectivity index is 2.60. The van der Waals surface area contributed by atoms with Crippen LogP contribution in [-0.2, 0) is 4.74 Å². The molecular weight excluding hydrogens is 248 g/mol. The predicted molar refractivity (Wildman–Crippen MR) is 56.6 cm³/mol. The highest BCUT2D eigenvalue weighted by atomic mass is 79.9. The van der Waals surface area contributed by atoms with Crippen LogP contribution in [0.3, 0.4) is 0 Å². The number of nitrogens with two attached hydrogens (primary N) is 2. The van der Waals surface area contributed by atoms with Gasteiger partial charge in [0, 0.05) is 4.47 Å². The quantitative estimate of drug-likeness (QED) is 0.864. The van der Waals surface area contributed by atoms with Crippen molar-refractivity contribution in [2.45, 2.75) is 6.04 Å². The SMILES string of the molecule is NC(=O)OC[C@@H](N)c1cccc(Br)c1. The molecule has 0 aliphatic carbocycles. The first-order valence-electron chi connectivity index (χ1n) is 4.03. The number of rotatable bonds is 3. The molecule has 0 aromatic heterocycles. The van der Waals surface area contributed by atoms with Gasteiger partial charge in [-0.25, -0.2) is 4.79 Å². The maximum absolute atomic E-state index is 10.3. The van der Waals surface area contributed by atoms with E-state index in [1.165, 1.54) is 0 Å². The smallest absolute Gasteiger partial charge is 0.404 e. The molecule has 76 valence electrons. The number of benzene rings is 1. The Morgan fingerprint density at radius 3 is 2.86 bits per heavy atom. The van der Waals surface area contributed by atoms with Gasteiger partial charge in [-0.15, -0.1) is 0 Å². The van der Waals surface area contributed by atoms with Crippen LogP contribution in [0.4, 0.5) is 4.79 Å². The molecule has 1 rings (SSSR count). The van der Waals surface area contributed by atoms with E-state index in [4.69, 9.17) is 11.5 Å². The van der Waals surface area contributed by atoms with E-state index in [9.17, 15) is 4.79 Å². The van der Waals surface area contributed by atoms with Crippen molar-refractivity contribution in [2.75, 3.05) is 6.61 Å². The predicted octanol–water partition coefficient (Wildman–Crippen LogP) is 1.54. The molecule has 0 saturated carbocycles. The second-order valence-electron chi connectivity index (χ2n) is 2.79. The zero-order chi connectivity index (χ0) is 10.6. The molecule has 1 aromatic rings. The van der Waals surface area contributed by atoms with Gasteiger partial charge in [-0.3, -0.25) is 0 Å². The van der Waals surface area contributed by atoms with Gasteiger partial charge >= 0.3 is 6.09 Å². The van der Waals surface area contributed by atoms with E-state index in [1.807, 2.05) is 24.3 Å². The van der Waals surface area contributed by atoms with Crippen molar-refractivity contribution in [1.29, 1.82) is 0 Å². The van der Waals surface area contributed by atoms with Gasteiger partial charge in [-0.05, 0) is 17.7 Å². The Morgan fingerprint density at radius 2 is 2.29 bits per heavy atom. The number of hydrogen-bond acceptors (Lipinski definition) is 3. The Labute approximate surface area is 90.3 Å². The van der Waals surface area contributed by atoms with E-state index >= 15 is 0 Å². The lowest BCUT2D eigenvalue weighted by atomic mass is 10.1. The third kappa shape index (κ3) is 3.35. The fourth-order valence-corrected chi connectivity index (χ4v) is 1.42. The summed E-state index contributed by atoms with van der Waals surface area (Å²) in [5.41, 5.74) is 11.5. The molecule has 1 aromatic carbocycles. The monoisotopic (exact) mass is 258 g/mol. The summed E-state index contributed by atoms with van der Waals surface area (Å²) in [5.74, 6) is 0. The third-order valence-electron chi connectivity index (χ3n) is 1.68. The summed E-state index contributed by atoms with van der Waals surface area (Å²) in [4.78, 5) is 10.3. The number of primary amides is 1. The van der Waals surface area contributed by atoms with Crippen molar-refractivity contribution in [3.05, 3.63) is 34.3 Å². The average molecular weight is 259 g/mol. The lowest BCUT2D eigenvalue weighted by molar-refractivity contribution is 0.149. The van der Waals surface area contributed by atoms with Crippen molar-refractivity contribution in [1.82, 2.24) is 0 Å². The first kappa shape index (κ1) is 11.0. The molecule has 4 N–H and O–H groups in total. The fourth-order valence-electron chi connectivity index (χ4n) is 1.01. The first-order chi connectivity index (χ1) is 6.59. The van der Waals surface area contributed by atoms with Crippen LogP contribution in [0.5, 0.6) is 0 Å². The highest BCUT2D eigenvalue weighted by molar-refractivity contribution is 9.10. The second-order valence-corrected chi connectivity index (χ2v) is 3.71. The van der Waals surface area contributed by atoms with Gasteiger partial charge in [0.15, 0.2) is 0 Å². The summed E-state index contributed by atoms with van der Waals surface area (Å²) >= 11 is 3.32. The van der Waals surface area contributed by atoms with Crippen LogP contribution in [0.2, 0.25) is 0 Å². The third-order valence-corrected chi connectivity index (χ3v) is 2.18. The van der Waals surface area contributed by atoms with Crippen LogP contribution in [0.1, 0.15) is 11.6 Å². The van der Waals surface area contributed by atoms with Crippen LogP contribution in [0.15, 0.2) is 28.7 Å². The molecule has 0 aliphatic heterocycles. The molecule has 1 atom stereocenters. The minimum atomic E-state index is -0.810. The number of ether oxygens (including phenoxy) is 1. The molecule has 0 aliphatic rings. The minimum absolute atomic E-state index is 0.0891. The number of hydrogen-bond donors (Lipinski definition) is 2. The summed E-state index contributed by atoms with van der Waals surface area (Å²) in [7, 11) is 0. The second kappa shape index (κ2) is 4.97. The van der Waals surface area contributed by atoms with E-state index in [0.29, 0.717) is 0 Å². The molecule has 5 heteroatoms. The van der Waals surface area contributed by atoms with E-state index in [1.54, 1.807) is 0 Å². The molecule has 0 bridgehead atoms. The average Bonchev–Trinajstić information content (AvgIpc) is 2.14. The Morgan fingerprint density at radius 1 is 1.57 bits per heavy atom. The summed E-state index contributed by atoms with van der Waals surface area (Å²) in [6.45, 7) is 0.0891. The molecule has 0 radical (unpaired) electrons. The van der Waals surface area contributed by atoms with Crippen molar-refractivity contribution < 1.29 is 9.53 Å². The van der Waals surface area contributed by atoms with Crippen molar-refractivity contribution in [3.63, 3.8) is 0 Å². The van der Waals surface area contributed by atoms with E-state index < -0.39 is 6.09 Å². The largest absolute Gasteiger partial charge is 0.448 e. The van der Waals surface area contributed by atoms with Gasteiger partial charge in [0.2, 0.25) is 0 Å². The molecule has 0 saturated heterocycles. The first-order valence-corrected chi connectivity index (χ1v) is 4.82. The van der Waals surface area contributed by atoms with Gasteiger partial charge in [-0.2, -0.15) is 0 Å². The van der Waals surface area contributed by atoms with Gasteiger partial charge in [0.25, 0.3) is 0 Å². The lowest BCUT2D eigenvalue weighted by Crippen LogP contribution is -2.22. The Hall–Kier alpha value is -1.07. The zero-order valence-corrected chi connectivity index (χ0v) is 9.03. The molecule has 0 spiro atoms. The number of carbonyl (C=O) groups is 1. The van der Waals surface area contributed by atoms with Crippen LogP contribution >= 0.6 is 15.9 Å². The molecule has 0 unspecified atom stereocenters. The maximum Gasteiger partial charge on any atom is 0.404 e. The van der Waals surface area contributed by atoms with Gasteiger partial charge in [0.05, 0.1) is 6.04 Å². The van der Waals surface area contributed by atoms with E-state index in [2.05, 4.69) is 20.7 Å². The Kier molecular flexibility index (Phi) is 3.91. The van der Waals surface area contributed by atoms with Gasteiger partial charge < -0.3 is 16.2 Å². The zero-order valence-electron chi connectivity index (χ0n) is 7.44.